The van der Waals surface area contributed by atoms with Gasteiger partial charge in [-0.2, -0.15) is 0 Å². The van der Waals surface area contributed by atoms with Gasteiger partial charge in [0.05, 0.1) is 12.2 Å². The smallest absolute Gasteiger partial charge is 0.321 e. The molecule has 0 aliphatic carbocycles. The number of hydrogen-bond acceptors (Lipinski definition) is 2. The number of pyridine rings is 1. The number of likely N-dealkylation sites (tertiary alicyclic amines) is 1. The Morgan fingerprint density at radius 2 is 2.05 bits per heavy atom. The summed E-state index contributed by atoms with van der Waals surface area (Å²) < 4.78 is 26.5. The van der Waals surface area contributed by atoms with Crippen molar-refractivity contribution in [3.8, 4) is 0 Å². The number of nitrogens with zero attached hydrogens (tertiary/aromatic N) is 2. The molecular formula is C12H15F2N3O2. The second kappa shape index (κ2) is 5.81. The normalized spacial score (nSPS) is 14.7. The lowest BCUT2D eigenvalue weighted by Crippen LogP contribution is -2.33. The number of aryl methyl sites for hydroxylation is 1. The highest BCUT2D eigenvalue weighted by Gasteiger charge is 2.18. The van der Waals surface area contributed by atoms with Gasteiger partial charge in [-0.25, -0.2) is 13.6 Å². The van der Waals surface area contributed by atoms with Gasteiger partial charge in [0.2, 0.25) is 0 Å². The van der Waals surface area contributed by atoms with Gasteiger partial charge in [0.15, 0.2) is 5.82 Å². The van der Waals surface area contributed by atoms with E-state index in [0.717, 1.165) is 23.5 Å². The van der Waals surface area contributed by atoms with Gasteiger partial charge in [0.1, 0.15) is 6.67 Å². The zero-order chi connectivity index (χ0) is 13.8. The number of urea groups is 1. The molecule has 5 nitrogen and oxygen atoms in total. The summed E-state index contributed by atoms with van der Waals surface area (Å²) in [6.07, 6.45) is 3.14. The van der Waals surface area contributed by atoms with Gasteiger partial charge in [-0.05, 0) is 12.8 Å². The number of anilines is 1. The van der Waals surface area contributed by atoms with Gasteiger partial charge in [0.25, 0.3) is 5.56 Å². The molecule has 0 atom stereocenters. The molecule has 0 radical (unpaired) electrons. The highest BCUT2D eigenvalue weighted by molar-refractivity contribution is 5.89. The van der Waals surface area contributed by atoms with E-state index in [0.29, 0.717) is 13.1 Å². The Bertz CT molecular complexity index is 524. The van der Waals surface area contributed by atoms with E-state index < -0.39 is 18.1 Å². The molecule has 0 unspecified atom stereocenters. The first-order valence-electron chi connectivity index (χ1n) is 6.13. The van der Waals surface area contributed by atoms with E-state index in [4.69, 9.17) is 0 Å². The fourth-order valence-electron chi connectivity index (χ4n) is 2.05. The molecule has 1 fully saturated rings. The van der Waals surface area contributed by atoms with Gasteiger partial charge in [0, 0.05) is 25.4 Å². The minimum Gasteiger partial charge on any atom is -0.325 e. The van der Waals surface area contributed by atoms with E-state index in [1.165, 1.54) is 6.20 Å². The molecule has 2 rings (SSSR count). The summed E-state index contributed by atoms with van der Waals surface area (Å²) >= 11 is 0. The summed E-state index contributed by atoms with van der Waals surface area (Å²) in [4.78, 5) is 24.8. The van der Waals surface area contributed by atoms with Gasteiger partial charge >= 0.3 is 6.03 Å². The van der Waals surface area contributed by atoms with Crippen molar-refractivity contribution in [1.29, 1.82) is 0 Å². The van der Waals surface area contributed by atoms with Crippen LogP contribution in [0.2, 0.25) is 0 Å². The molecule has 2 heterocycles. The van der Waals surface area contributed by atoms with Crippen molar-refractivity contribution >= 4 is 11.7 Å². The van der Waals surface area contributed by atoms with Crippen molar-refractivity contribution < 1.29 is 13.6 Å². The number of alkyl halides is 1. The molecule has 2 amide bonds. The van der Waals surface area contributed by atoms with Crippen LogP contribution in [-0.4, -0.2) is 35.3 Å². The van der Waals surface area contributed by atoms with Crippen LogP contribution in [0.4, 0.5) is 19.3 Å². The summed E-state index contributed by atoms with van der Waals surface area (Å²) in [5.41, 5.74) is -0.737. The molecule has 7 heteroatoms. The third-order valence-electron chi connectivity index (χ3n) is 3.01. The zero-order valence-electron chi connectivity index (χ0n) is 10.4. The van der Waals surface area contributed by atoms with E-state index in [-0.39, 0.29) is 18.3 Å². The highest BCUT2D eigenvalue weighted by atomic mass is 19.1. The summed E-state index contributed by atoms with van der Waals surface area (Å²) in [7, 11) is 0. The Labute approximate surface area is 108 Å². The molecule has 0 saturated carbocycles. The number of rotatable bonds is 3. The lowest BCUT2D eigenvalue weighted by Gasteiger charge is -2.16. The molecule has 1 saturated heterocycles. The van der Waals surface area contributed by atoms with Crippen LogP contribution in [-0.2, 0) is 6.54 Å². The van der Waals surface area contributed by atoms with Crippen molar-refractivity contribution in [3.05, 3.63) is 28.4 Å². The average molecular weight is 271 g/mol. The van der Waals surface area contributed by atoms with E-state index in [1.807, 2.05) is 0 Å². The maximum atomic E-state index is 13.4. The Morgan fingerprint density at radius 3 is 2.68 bits per heavy atom. The quantitative estimate of drug-likeness (QED) is 0.907. The molecule has 0 bridgehead atoms. The molecule has 1 aliphatic rings. The van der Waals surface area contributed by atoms with E-state index in [1.54, 1.807) is 4.90 Å². The first-order valence-corrected chi connectivity index (χ1v) is 6.13. The van der Waals surface area contributed by atoms with Gasteiger partial charge in [-0.3, -0.25) is 4.79 Å². The van der Waals surface area contributed by atoms with Crippen LogP contribution in [0.1, 0.15) is 12.8 Å². The minimum atomic E-state index is -1.01. The van der Waals surface area contributed by atoms with Crippen LogP contribution >= 0.6 is 0 Å². The molecule has 104 valence electrons. The fraction of sp³-hybridized carbons (Fsp3) is 0.500. The van der Waals surface area contributed by atoms with Gasteiger partial charge in [-0.1, -0.05) is 0 Å². The van der Waals surface area contributed by atoms with E-state index in [2.05, 4.69) is 5.32 Å². The minimum absolute atomic E-state index is 0.155. The van der Waals surface area contributed by atoms with Crippen LogP contribution < -0.4 is 10.9 Å². The Morgan fingerprint density at radius 1 is 1.37 bits per heavy atom. The summed E-state index contributed by atoms with van der Waals surface area (Å²) in [5, 5.41) is 2.52. The Hall–Kier alpha value is -1.92. The molecule has 19 heavy (non-hydrogen) atoms. The summed E-state index contributed by atoms with van der Waals surface area (Å²) in [5.74, 6) is -1.01. The SMILES string of the molecule is O=C(Nc1cc(F)c(=O)n(CCF)c1)N1CCCC1. The third kappa shape index (κ3) is 3.10. The highest BCUT2D eigenvalue weighted by Crippen LogP contribution is 2.12. The number of carbonyl (C=O) groups is 1. The Kier molecular flexibility index (Phi) is 4.13. The second-order valence-corrected chi connectivity index (χ2v) is 4.39. The van der Waals surface area contributed by atoms with Crippen LogP contribution in [0.3, 0.4) is 0 Å². The fourth-order valence-corrected chi connectivity index (χ4v) is 2.05. The van der Waals surface area contributed by atoms with Crippen LogP contribution in [0.15, 0.2) is 17.1 Å². The lowest BCUT2D eigenvalue weighted by atomic mass is 10.4. The predicted molar refractivity (Wildman–Crippen MR) is 66.5 cm³/mol. The van der Waals surface area contributed by atoms with Crippen molar-refractivity contribution in [2.75, 3.05) is 25.1 Å². The van der Waals surface area contributed by atoms with Crippen molar-refractivity contribution in [2.24, 2.45) is 0 Å². The monoisotopic (exact) mass is 271 g/mol. The molecule has 1 aromatic rings. The van der Waals surface area contributed by atoms with Crippen LogP contribution in [0, 0.1) is 5.82 Å². The number of aromatic nitrogens is 1. The molecule has 1 aliphatic heterocycles. The van der Waals surface area contributed by atoms with E-state index >= 15 is 0 Å². The van der Waals surface area contributed by atoms with Gasteiger partial charge < -0.3 is 14.8 Å². The van der Waals surface area contributed by atoms with Crippen molar-refractivity contribution in [1.82, 2.24) is 9.47 Å². The number of nitrogens with one attached hydrogen (secondary N) is 1. The topological polar surface area (TPSA) is 54.3 Å². The maximum Gasteiger partial charge on any atom is 0.321 e. The average Bonchev–Trinajstić information content (AvgIpc) is 2.89. The molecule has 1 N–H and O–H groups in total. The lowest BCUT2D eigenvalue weighted by molar-refractivity contribution is 0.222. The molecule has 1 aromatic heterocycles. The molecular weight excluding hydrogens is 256 g/mol. The Balaban J connectivity index is 2.15. The third-order valence-corrected chi connectivity index (χ3v) is 3.01. The van der Waals surface area contributed by atoms with E-state index in [9.17, 15) is 18.4 Å². The number of hydrogen-bond donors (Lipinski definition) is 1. The van der Waals surface area contributed by atoms with Gasteiger partial charge in [-0.15, -0.1) is 0 Å². The largest absolute Gasteiger partial charge is 0.325 e. The number of halogens is 2. The summed E-state index contributed by atoms with van der Waals surface area (Å²) in [6, 6.07) is 0.618. The predicted octanol–water partition coefficient (Wildman–Crippen LogP) is 1.58. The number of carbonyl (C=O) groups excluding carboxylic acids is 1. The molecule has 0 aromatic carbocycles. The molecule has 0 spiro atoms. The van der Waals surface area contributed by atoms with Crippen LogP contribution in [0.5, 0.6) is 0 Å². The second-order valence-electron chi connectivity index (χ2n) is 4.39. The summed E-state index contributed by atoms with van der Waals surface area (Å²) in [6.45, 7) is 0.322. The standard InChI is InChI=1S/C12H15F2N3O2/c13-3-6-17-8-9(7-10(14)11(17)18)15-12(19)16-4-1-2-5-16/h7-8H,1-6H2,(H,15,19). The van der Waals surface area contributed by atoms with Crippen molar-refractivity contribution in [2.45, 2.75) is 19.4 Å². The number of amides is 2. The van der Waals surface area contributed by atoms with Crippen molar-refractivity contribution in [3.63, 3.8) is 0 Å². The first kappa shape index (κ1) is 13.5. The first-order chi connectivity index (χ1) is 9.11. The maximum absolute atomic E-state index is 13.4. The van der Waals surface area contributed by atoms with Crippen LogP contribution in [0.25, 0.3) is 0 Å². The zero-order valence-corrected chi connectivity index (χ0v) is 10.4.